The van der Waals surface area contributed by atoms with E-state index in [2.05, 4.69) is 63.8 Å². The summed E-state index contributed by atoms with van der Waals surface area (Å²) in [5.74, 6) is 0. The molecular weight excluding hydrogens is 262 g/mol. The Labute approximate surface area is 110 Å². The molecule has 1 heterocycles. The van der Waals surface area contributed by atoms with E-state index in [1.54, 1.807) is 0 Å². The molecule has 1 unspecified atom stereocenters. The highest BCUT2D eigenvalue weighted by Gasteiger charge is 2.42. The maximum absolute atomic E-state index is 2.54. The Morgan fingerprint density at radius 1 is 1.19 bits per heavy atom. The third-order valence-electron chi connectivity index (χ3n) is 3.89. The van der Waals surface area contributed by atoms with E-state index in [0.29, 0.717) is 12.1 Å². The molecule has 0 bridgehead atoms. The predicted molar refractivity (Wildman–Crippen MR) is 76.9 cm³/mol. The lowest BCUT2D eigenvalue weighted by Crippen LogP contribution is -2.42. The van der Waals surface area contributed by atoms with Gasteiger partial charge < -0.3 is 4.90 Å². The summed E-state index contributed by atoms with van der Waals surface area (Å²) in [7, 11) is 0. The number of rotatable bonds is 1. The Balaban J connectivity index is 0.00000128. The van der Waals surface area contributed by atoms with Gasteiger partial charge >= 0.3 is 0 Å². The van der Waals surface area contributed by atoms with Crippen molar-refractivity contribution in [2.24, 2.45) is 0 Å². The van der Waals surface area contributed by atoms with Crippen LogP contribution in [0.2, 0.25) is 0 Å². The normalized spacial score (nSPS) is 21.9. The van der Waals surface area contributed by atoms with Crippen LogP contribution in [0.15, 0.2) is 24.3 Å². The van der Waals surface area contributed by atoms with Crippen molar-refractivity contribution >= 4 is 22.7 Å². The predicted octanol–water partition coefficient (Wildman–Crippen LogP) is 4.16. The van der Waals surface area contributed by atoms with Crippen molar-refractivity contribution in [3.8, 4) is 0 Å². The molecule has 0 N–H and O–H groups in total. The molecule has 1 aliphatic heterocycles. The van der Waals surface area contributed by atoms with Gasteiger partial charge in [0, 0.05) is 23.2 Å². The van der Waals surface area contributed by atoms with Gasteiger partial charge in [-0.1, -0.05) is 32.0 Å². The average Bonchev–Trinajstić information content (AvgIpc) is 2.36. The molecule has 1 aromatic rings. The Hall–Kier alpha value is -0.500. The van der Waals surface area contributed by atoms with Crippen LogP contribution in [-0.4, -0.2) is 12.1 Å². The Morgan fingerprint density at radius 3 is 2.31 bits per heavy atom. The Bertz CT molecular complexity index is 371. The van der Waals surface area contributed by atoms with Gasteiger partial charge in [-0.25, -0.2) is 0 Å². The van der Waals surface area contributed by atoms with Gasteiger partial charge in [-0.2, -0.15) is 0 Å². The summed E-state index contributed by atoms with van der Waals surface area (Å²) in [5.41, 5.74) is 3.18. The lowest BCUT2D eigenvalue weighted by Gasteiger charge is -2.34. The van der Waals surface area contributed by atoms with E-state index in [1.165, 1.54) is 11.3 Å². The summed E-state index contributed by atoms with van der Waals surface area (Å²) in [5, 5.41) is 0. The molecule has 90 valence electrons. The number of para-hydroxylation sites is 1. The first-order chi connectivity index (χ1) is 6.96. The van der Waals surface area contributed by atoms with Gasteiger partial charge in [-0.3, -0.25) is 0 Å². The fraction of sp³-hybridized carbons (Fsp3) is 0.571. The smallest absolute Gasteiger partial charge is 0.0410 e. The second kappa shape index (κ2) is 4.40. The minimum atomic E-state index is 0. The van der Waals surface area contributed by atoms with E-state index in [-0.39, 0.29) is 22.4 Å². The lowest BCUT2D eigenvalue weighted by atomic mass is 9.81. The van der Waals surface area contributed by atoms with Gasteiger partial charge in [0.05, 0.1) is 0 Å². The van der Waals surface area contributed by atoms with Crippen LogP contribution in [0.25, 0.3) is 0 Å². The second-order valence-electron chi connectivity index (χ2n) is 5.42. The maximum Gasteiger partial charge on any atom is 0.0410 e. The number of hydrogen-bond donors (Lipinski definition) is 0. The summed E-state index contributed by atoms with van der Waals surface area (Å²) in [4.78, 5) is 2.54. The molecule has 0 aromatic heterocycles. The molecule has 16 heavy (non-hydrogen) atoms. The number of halogens is 1. The number of fused-ring (bicyclic) bond motifs is 1. The standard InChI is InChI=1S/C14H21N.BrH/c1-10(2)15-11(3)14(4,5)12-8-6-7-9-13(12)15;/h6-11H,1-5H3;1H. The number of benzene rings is 1. The van der Waals surface area contributed by atoms with E-state index in [0.717, 1.165) is 0 Å². The van der Waals surface area contributed by atoms with Crippen molar-refractivity contribution in [3.63, 3.8) is 0 Å². The summed E-state index contributed by atoms with van der Waals surface area (Å²) in [6, 6.07) is 9.96. The fourth-order valence-electron chi connectivity index (χ4n) is 2.75. The van der Waals surface area contributed by atoms with Crippen molar-refractivity contribution < 1.29 is 0 Å². The first-order valence-corrected chi connectivity index (χ1v) is 5.84. The van der Waals surface area contributed by atoms with Gasteiger partial charge in [0.25, 0.3) is 0 Å². The zero-order valence-corrected chi connectivity index (χ0v) is 12.5. The van der Waals surface area contributed by atoms with Crippen LogP contribution >= 0.6 is 17.0 Å². The van der Waals surface area contributed by atoms with Gasteiger partial charge in [0.1, 0.15) is 0 Å². The van der Waals surface area contributed by atoms with Crippen LogP contribution in [0, 0.1) is 0 Å². The Kier molecular flexibility index (Phi) is 3.73. The van der Waals surface area contributed by atoms with Gasteiger partial charge in [0.15, 0.2) is 0 Å². The quantitative estimate of drug-likeness (QED) is 0.748. The second-order valence-corrected chi connectivity index (χ2v) is 5.42. The minimum absolute atomic E-state index is 0. The SMILES string of the molecule is Br.CC(C)N1c2ccccc2C(C)(C)C1C. The van der Waals surface area contributed by atoms with Crippen LogP contribution < -0.4 is 4.90 Å². The highest BCUT2D eigenvalue weighted by Crippen LogP contribution is 2.45. The summed E-state index contributed by atoms with van der Waals surface area (Å²) >= 11 is 0. The molecule has 1 aliphatic rings. The van der Waals surface area contributed by atoms with E-state index < -0.39 is 0 Å². The zero-order valence-electron chi connectivity index (χ0n) is 10.8. The van der Waals surface area contributed by atoms with Crippen LogP contribution in [-0.2, 0) is 5.41 Å². The summed E-state index contributed by atoms with van der Waals surface area (Å²) in [6.07, 6.45) is 0. The van der Waals surface area contributed by atoms with Gasteiger partial charge in [-0.15, -0.1) is 17.0 Å². The van der Waals surface area contributed by atoms with Crippen LogP contribution in [0.1, 0.15) is 40.2 Å². The third-order valence-corrected chi connectivity index (χ3v) is 3.89. The van der Waals surface area contributed by atoms with Crippen molar-refractivity contribution in [2.75, 3.05) is 4.90 Å². The molecule has 1 nitrogen and oxygen atoms in total. The topological polar surface area (TPSA) is 3.24 Å². The molecule has 0 aliphatic carbocycles. The van der Waals surface area contributed by atoms with E-state index >= 15 is 0 Å². The largest absolute Gasteiger partial charge is 0.365 e. The zero-order chi connectivity index (χ0) is 11.2. The first-order valence-electron chi connectivity index (χ1n) is 5.84. The number of nitrogens with zero attached hydrogens (tertiary/aromatic N) is 1. The highest BCUT2D eigenvalue weighted by molar-refractivity contribution is 8.93. The van der Waals surface area contributed by atoms with Crippen molar-refractivity contribution in [3.05, 3.63) is 29.8 Å². The Morgan fingerprint density at radius 2 is 1.75 bits per heavy atom. The molecule has 1 atom stereocenters. The monoisotopic (exact) mass is 283 g/mol. The molecule has 2 rings (SSSR count). The van der Waals surface area contributed by atoms with Crippen LogP contribution in [0.4, 0.5) is 5.69 Å². The van der Waals surface area contributed by atoms with E-state index in [9.17, 15) is 0 Å². The maximum atomic E-state index is 2.54. The van der Waals surface area contributed by atoms with Crippen molar-refractivity contribution in [2.45, 2.75) is 52.1 Å². The molecule has 0 saturated heterocycles. The molecule has 0 radical (unpaired) electrons. The third kappa shape index (κ3) is 1.77. The molecule has 0 spiro atoms. The molecule has 2 heteroatoms. The number of anilines is 1. The average molecular weight is 284 g/mol. The lowest BCUT2D eigenvalue weighted by molar-refractivity contribution is 0.425. The van der Waals surface area contributed by atoms with Crippen molar-refractivity contribution in [1.82, 2.24) is 0 Å². The molecule has 0 saturated carbocycles. The van der Waals surface area contributed by atoms with Crippen LogP contribution in [0.3, 0.4) is 0 Å². The van der Waals surface area contributed by atoms with Crippen LogP contribution in [0.5, 0.6) is 0 Å². The molecule has 0 amide bonds. The minimum Gasteiger partial charge on any atom is -0.365 e. The molecule has 0 fully saturated rings. The molecular formula is C14H22BrN. The summed E-state index contributed by atoms with van der Waals surface area (Å²) < 4.78 is 0. The summed E-state index contributed by atoms with van der Waals surface area (Å²) in [6.45, 7) is 11.6. The van der Waals surface area contributed by atoms with E-state index in [4.69, 9.17) is 0 Å². The van der Waals surface area contributed by atoms with E-state index in [1.807, 2.05) is 0 Å². The highest BCUT2D eigenvalue weighted by atomic mass is 79.9. The van der Waals surface area contributed by atoms with Gasteiger partial charge in [0.2, 0.25) is 0 Å². The van der Waals surface area contributed by atoms with Crippen molar-refractivity contribution in [1.29, 1.82) is 0 Å². The van der Waals surface area contributed by atoms with Gasteiger partial charge in [-0.05, 0) is 32.4 Å². The number of hydrogen-bond acceptors (Lipinski definition) is 1. The fourth-order valence-corrected chi connectivity index (χ4v) is 2.75. The first kappa shape index (κ1) is 13.6. The molecule has 1 aromatic carbocycles.